The second kappa shape index (κ2) is 9.00. The number of carbonyl (C=O) groups is 2. The van der Waals surface area contributed by atoms with Crippen LogP contribution in [0.3, 0.4) is 0 Å². The van der Waals surface area contributed by atoms with Crippen LogP contribution >= 0.6 is 11.6 Å². The van der Waals surface area contributed by atoms with Crippen LogP contribution in [0.2, 0.25) is 5.02 Å². The van der Waals surface area contributed by atoms with Gasteiger partial charge in [0.25, 0.3) is 0 Å². The fraction of sp³-hybridized carbons (Fsp3) is 0.200. The maximum atomic E-state index is 15.2. The lowest BCUT2D eigenvalue weighted by Crippen LogP contribution is -2.48. The van der Waals surface area contributed by atoms with Crippen LogP contribution in [-0.4, -0.2) is 54.0 Å². The van der Waals surface area contributed by atoms with Gasteiger partial charge in [0.05, 0.1) is 22.4 Å². The fourth-order valence-corrected chi connectivity index (χ4v) is 5.26. The van der Waals surface area contributed by atoms with E-state index >= 15 is 4.39 Å². The van der Waals surface area contributed by atoms with Crippen molar-refractivity contribution in [3.05, 3.63) is 77.2 Å². The Hall–Kier alpha value is -4.25. The molecule has 2 aromatic heterocycles. The van der Waals surface area contributed by atoms with E-state index in [2.05, 4.69) is 25.8 Å². The first-order chi connectivity index (χ1) is 17.9. The first-order valence-corrected chi connectivity index (χ1v) is 11.9. The van der Waals surface area contributed by atoms with E-state index in [1.54, 1.807) is 29.2 Å². The number of hydrogen-bond donors (Lipinski definition) is 1. The van der Waals surface area contributed by atoms with Gasteiger partial charge < -0.3 is 10.2 Å². The quantitative estimate of drug-likeness (QED) is 0.436. The van der Waals surface area contributed by atoms with Crippen LogP contribution in [0.4, 0.5) is 14.5 Å². The summed E-state index contributed by atoms with van der Waals surface area (Å²) in [6.07, 6.45) is 5.15. The second-order valence-corrected chi connectivity index (χ2v) is 9.33. The van der Waals surface area contributed by atoms with Gasteiger partial charge in [0.2, 0.25) is 11.8 Å². The number of amides is 2. The van der Waals surface area contributed by atoms with Gasteiger partial charge in [-0.25, -0.2) is 8.78 Å². The van der Waals surface area contributed by atoms with Crippen molar-refractivity contribution in [2.45, 2.75) is 31.3 Å². The summed E-state index contributed by atoms with van der Waals surface area (Å²) in [5, 5.41) is 14.3. The lowest BCUT2D eigenvalue weighted by Gasteiger charge is -2.33. The van der Waals surface area contributed by atoms with Crippen molar-refractivity contribution in [2.24, 2.45) is 0 Å². The van der Waals surface area contributed by atoms with Crippen molar-refractivity contribution in [3.63, 3.8) is 0 Å². The number of fused-ring (bicyclic) bond motifs is 2. The lowest BCUT2D eigenvalue weighted by molar-refractivity contribution is -0.135. The smallest absolute Gasteiger partial charge is 0.247 e. The molecule has 2 amide bonds. The molecule has 1 fully saturated rings. The fourth-order valence-electron chi connectivity index (χ4n) is 5.10. The third-order valence-electron chi connectivity index (χ3n) is 6.72. The van der Waals surface area contributed by atoms with Gasteiger partial charge in [-0.05, 0) is 71.7 Å². The number of hydrogen-bond acceptors (Lipinski definition) is 6. The van der Waals surface area contributed by atoms with E-state index in [9.17, 15) is 14.0 Å². The van der Waals surface area contributed by atoms with Gasteiger partial charge in [0, 0.05) is 28.8 Å². The number of carbonyl (C=O) groups excluding carboxylic acids is 2. The maximum Gasteiger partial charge on any atom is 0.247 e. The molecule has 0 saturated carbocycles. The maximum absolute atomic E-state index is 15.2. The molecule has 0 radical (unpaired) electrons. The summed E-state index contributed by atoms with van der Waals surface area (Å²) in [7, 11) is 0. The summed E-state index contributed by atoms with van der Waals surface area (Å²) in [6.45, 7) is 0. The van der Waals surface area contributed by atoms with Crippen LogP contribution in [0, 0.1) is 11.6 Å². The Morgan fingerprint density at radius 2 is 2.00 bits per heavy atom. The number of aromatic nitrogens is 5. The normalized spacial score (nSPS) is 19.2. The third kappa shape index (κ3) is 4.10. The molecule has 1 N–H and O–H groups in total. The molecule has 0 spiro atoms. The molecule has 2 aromatic carbocycles. The van der Waals surface area contributed by atoms with Crippen molar-refractivity contribution < 1.29 is 18.4 Å². The number of rotatable bonds is 4. The zero-order chi connectivity index (χ0) is 25.7. The minimum atomic E-state index is -0.695. The highest BCUT2D eigenvalue weighted by Gasteiger charge is 2.43. The summed E-state index contributed by atoms with van der Waals surface area (Å²) in [6, 6.07) is 8.34. The molecule has 0 aliphatic carbocycles. The number of halogens is 3. The highest BCUT2D eigenvalue weighted by atomic mass is 35.5. The number of anilines is 1. The Bertz CT molecular complexity index is 1590. The summed E-state index contributed by atoms with van der Waals surface area (Å²) in [5.74, 6) is -1.89. The molecule has 186 valence electrons. The standard InChI is InChI=1S/C25H18ClF2N7O2/c26-18-3-6-20(34-12-30-32-33-34)23(24(18)28)14-9-17-2-5-21(35(17)22(36)10-14)25(37)31-16-1-4-19-13(8-16)7-15(27)11-29-19/h1,3-4,6-8,10-12,17,21H,2,5,9H2,(H,31,37)/t17-,21+/m1/s1. The van der Waals surface area contributed by atoms with Gasteiger partial charge in [-0.1, -0.05) is 11.6 Å². The summed E-state index contributed by atoms with van der Waals surface area (Å²) in [5.41, 5.74) is 2.04. The van der Waals surface area contributed by atoms with Crippen LogP contribution in [0.15, 0.2) is 55.0 Å². The molecule has 1 saturated heterocycles. The monoisotopic (exact) mass is 521 g/mol. The average molecular weight is 522 g/mol. The molecule has 6 rings (SSSR count). The van der Waals surface area contributed by atoms with Crippen molar-refractivity contribution in [1.29, 1.82) is 0 Å². The van der Waals surface area contributed by atoms with E-state index in [0.717, 1.165) is 6.20 Å². The third-order valence-corrected chi connectivity index (χ3v) is 7.01. The first-order valence-electron chi connectivity index (χ1n) is 11.5. The van der Waals surface area contributed by atoms with Gasteiger partial charge in [0.1, 0.15) is 18.2 Å². The number of nitrogens with zero attached hydrogens (tertiary/aromatic N) is 6. The van der Waals surface area contributed by atoms with Crippen LogP contribution in [-0.2, 0) is 9.59 Å². The largest absolute Gasteiger partial charge is 0.324 e. The molecule has 9 nitrogen and oxygen atoms in total. The van der Waals surface area contributed by atoms with Gasteiger partial charge in [-0.15, -0.1) is 5.10 Å². The van der Waals surface area contributed by atoms with E-state index < -0.39 is 23.6 Å². The molecule has 0 unspecified atom stereocenters. The Labute approximate surface area is 213 Å². The van der Waals surface area contributed by atoms with Gasteiger partial charge in [-0.2, -0.15) is 4.68 Å². The van der Waals surface area contributed by atoms with Gasteiger partial charge in [0.15, 0.2) is 5.82 Å². The molecule has 4 aromatic rings. The molecule has 12 heteroatoms. The zero-order valence-corrected chi connectivity index (χ0v) is 19.9. The van der Waals surface area contributed by atoms with Crippen molar-refractivity contribution in [3.8, 4) is 5.69 Å². The minimum Gasteiger partial charge on any atom is -0.324 e. The van der Waals surface area contributed by atoms with Crippen molar-refractivity contribution >= 4 is 45.6 Å². The van der Waals surface area contributed by atoms with E-state index in [0.29, 0.717) is 47.1 Å². The predicted molar refractivity (Wildman–Crippen MR) is 131 cm³/mol. The van der Waals surface area contributed by atoms with Crippen molar-refractivity contribution in [1.82, 2.24) is 30.1 Å². The van der Waals surface area contributed by atoms with Crippen molar-refractivity contribution in [2.75, 3.05) is 5.32 Å². The Balaban J connectivity index is 1.27. The highest BCUT2D eigenvalue weighted by molar-refractivity contribution is 6.31. The van der Waals surface area contributed by atoms with E-state index in [1.807, 2.05) is 0 Å². The van der Waals surface area contributed by atoms with Crippen LogP contribution in [0.1, 0.15) is 24.8 Å². The lowest BCUT2D eigenvalue weighted by atomic mass is 9.92. The summed E-state index contributed by atoms with van der Waals surface area (Å²) >= 11 is 6.06. The highest BCUT2D eigenvalue weighted by Crippen LogP contribution is 2.40. The first kappa shape index (κ1) is 23.2. The topological polar surface area (TPSA) is 106 Å². The molecule has 2 aliphatic heterocycles. The average Bonchev–Trinajstić information content (AvgIpc) is 3.56. The molecule has 2 aliphatic rings. The zero-order valence-electron chi connectivity index (χ0n) is 19.1. The molecular formula is C25H18ClF2N7O2. The number of nitrogens with one attached hydrogen (secondary N) is 1. The van der Waals surface area contributed by atoms with E-state index in [-0.39, 0.29) is 22.5 Å². The molecule has 0 bridgehead atoms. The summed E-state index contributed by atoms with van der Waals surface area (Å²) < 4.78 is 30.1. The van der Waals surface area contributed by atoms with Gasteiger partial charge >= 0.3 is 0 Å². The Morgan fingerprint density at radius 1 is 1.14 bits per heavy atom. The SMILES string of the molecule is O=C(Nc1ccc2ncc(F)cc2c1)[C@@H]1CC[C@@H]2CC(c3c(-n4cnnn4)ccc(Cl)c3F)=CC(=O)N21. The molecular weight excluding hydrogens is 504 g/mol. The van der Waals surface area contributed by atoms with E-state index in [1.165, 1.54) is 29.2 Å². The minimum absolute atomic E-state index is 0.0863. The van der Waals surface area contributed by atoms with E-state index in [4.69, 9.17) is 11.6 Å². The summed E-state index contributed by atoms with van der Waals surface area (Å²) in [4.78, 5) is 32.0. The Kier molecular flexibility index (Phi) is 5.64. The number of pyridine rings is 1. The molecule has 37 heavy (non-hydrogen) atoms. The van der Waals surface area contributed by atoms with Crippen LogP contribution in [0.5, 0.6) is 0 Å². The molecule has 4 heterocycles. The van der Waals surface area contributed by atoms with Gasteiger partial charge in [-0.3, -0.25) is 14.6 Å². The second-order valence-electron chi connectivity index (χ2n) is 8.93. The number of tetrazole rings is 1. The molecule has 2 atom stereocenters. The van der Waals surface area contributed by atoms with Crippen LogP contribution in [0.25, 0.3) is 22.2 Å². The Morgan fingerprint density at radius 3 is 2.81 bits per heavy atom. The van der Waals surface area contributed by atoms with Crippen LogP contribution < -0.4 is 5.32 Å². The number of benzene rings is 2. The predicted octanol–water partition coefficient (Wildman–Crippen LogP) is 3.93.